The monoisotopic (exact) mass is 232 g/mol. The second-order valence-electron chi connectivity index (χ2n) is 2.45. The highest BCUT2D eigenvalue weighted by Gasteiger charge is 2.07. The van der Waals surface area contributed by atoms with Gasteiger partial charge in [0.05, 0.1) is 0 Å². The molecule has 2 heterocycles. The molecule has 0 radical (unpaired) electrons. The van der Waals surface area contributed by atoms with Crippen molar-refractivity contribution in [2.75, 3.05) is 0 Å². The van der Waals surface area contributed by atoms with Gasteiger partial charge < -0.3 is 0 Å². The van der Waals surface area contributed by atoms with Gasteiger partial charge in [-0.3, -0.25) is 14.3 Å². The number of aromatic amines is 1. The second kappa shape index (κ2) is 2.86. The van der Waals surface area contributed by atoms with E-state index in [-0.39, 0.29) is 5.56 Å². The zero-order valence-electron chi connectivity index (χ0n) is 6.49. The Labute approximate surface area is 84.5 Å². The number of rotatable bonds is 0. The SMILES string of the molecule is Cn1c(=O)[nH]c(=O)c2c(=S)ssc21. The molecule has 0 spiro atoms. The summed E-state index contributed by atoms with van der Waals surface area (Å²) in [6.07, 6.45) is 0. The van der Waals surface area contributed by atoms with Crippen LogP contribution in [0.1, 0.15) is 0 Å². The summed E-state index contributed by atoms with van der Waals surface area (Å²) in [5.41, 5.74) is -0.790. The van der Waals surface area contributed by atoms with Crippen LogP contribution in [0.3, 0.4) is 0 Å². The van der Waals surface area contributed by atoms with Gasteiger partial charge in [0.2, 0.25) is 0 Å². The molecule has 2 aromatic rings. The molecule has 0 atom stereocenters. The van der Waals surface area contributed by atoms with Gasteiger partial charge in [0.1, 0.15) is 14.0 Å². The molecule has 0 aliphatic heterocycles. The van der Waals surface area contributed by atoms with Crippen molar-refractivity contribution in [3.63, 3.8) is 0 Å². The molecule has 2 aromatic heterocycles. The maximum Gasteiger partial charge on any atom is 0.329 e. The van der Waals surface area contributed by atoms with Crippen molar-refractivity contribution in [3.8, 4) is 0 Å². The summed E-state index contributed by atoms with van der Waals surface area (Å²) in [6.45, 7) is 0. The maximum atomic E-state index is 11.3. The molecule has 0 fully saturated rings. The number of nitrogens with one attached hydrogen (secondary N) is 1. The summed E-state index contributed by atoms with van der Waals surface area (Å²) >= 11 is 4.97. The summed E-state index contributed by atoms with van der Waals surface area (Å²) in [5, 5.41) is 0.451. The Bertz CT molecular complexity index is 630. The largest absolute Gasteiger partial charge is 0.329 e. The van der Waals surface area contributed by atoms with Crippen LogP contribution in [-0.4, -0.2) is 9.55 Å². The molecule has 13 heavy (non-hydrogen) atoms. The number of nitrogens with zero attached hydrogens (tertiary/aromatic N) is 1. The summed E-state index contributed by atoms with van der Waals surface area (Å²) < 4.78 is 1.94. The lowest BCUT2D eigenvalue weighted by Crippen LogP contribution is -2.27. The molecule has 0 unspecified atom stereocenters. The van der Waals surface area contributed by atoms with E-state index in [0.29, 0.717) is 14.0 Å². The third-order valence-electron chi connectivity index (χ3n) is 1.67. The van der Waals surface area contributed by atoms with E-state index in [1.807, 2.05) is 0 Å². The highest BCUT2D eigenvalue weighted by molar-refractivity contribution is 7.81. The fourth-order valence-electron chi connectivity index (χ4n) is 0.997. The van der Waals surface area contributed by atoms with Gasteiger partial charge in [-0.25, -0.2) is 4.79 Å². The molecule has 1 N–H and O–H groups in total. The molecule has 4 nitrogen and oxygen atoms in total. The maximum absolute atomic E-state index is 11.3. The van der Waals surface area contributed by atoms with E-state index in [2.05, 4.69) is 4.98 Å². The van der Waals surface area contributed by atoms with Crippen LogP contribution in [0.25, 0.3) is 10.2 Å². The minimum Gasteiger partial charge on any atom is -0.287 e. The number of hydrogen-bond acceptors (Lipinski definition) is 5. The average molecular weight is 232 g/mol. The van der Waals surface area contributed by atoms with Crippen molar-refractivity contribution in [1.82, 2.24) is 9.55 Å². The van der Waals surface area contributed by atoms with E-state index < -0.39 is 5.69 Å². The molecule has 0 saturated carbocycles. The Hall–Kier alpha value is -0.790. The first-order chi connectivity index (χ1) is 6.11. The molecular weight excluding hydrogens is 228 g/mol. The van der Waals surface area contributed by atoms with Crippen LogP contribution >= 0.6 is 32.9 Å². The fraction of sp³-hybridized carbons (Fsp3) is 0.167. The van der Waals surface area contributed by atoms with Gasteiger partial charge >= 0.3 is 5.69 Å². The number of hydrogen-bond donors (Lipinski definition) is 1. The van der Waals surface area contributed by atoms with Crippen LogP contribution in [0, 0.1) is 3.82 Å². The van der Waals surface area contributed by atoms with Crippen molar-refractivity contribution < 1.29 is 0 Å². The predicted octanol–water partition coefficient (Wildman–Crippen LogP) is 1.08. The van der Waals surface area contributed by atoms with Crippen LogP contribution in [-0.2, 0) is 7.05 Å². The third kappa shape index (κ3) is 1.19. The Morgan fingerprint density at radius 2 is 2.08 bits per heavy atom. The van der Waals surface area contributed by atoms with Crippen molar-refractivity contribution in [2.24, 2.45) is 7.05 Å². The van der Waals surface area contributed by atoms with E-state index in [9.17, 15) is 9.59 Å². The number of aryl methyl sites for hydroxylation is 1. The lowest BCUT2D eigenvalue weighted by atomic mass is 10.5. The van der Waals surface area contributed by atoms with Gasteiger partial charge in [0.25, 0.3) is 5.56 Å². The van der Waals surface area contributed by atoms with Crippen molar-refractivity contribution >= 4 is 43.1 Å². The topological polar surface area (TPSA) is 54.9 Å². The summed E-state index contributed by atoms with van der Waals surface area (Å²) in [4.78, 5) is 25.3. The number of aromatic nitrogens is 2. The zero-order chi connectivity index (χ0) is 9.59. The van der Waals surface area contributed by atoms with E-state index >= 15 is 0 Å². The first-order valence-corrected chi connectivity index (χ1v) is 5.89. The summed E-state index contributed by atoms with van der Waals surface area (Å²) in [5.74, 6) is 0. The Kier molecular flexibility index (Phi) is 1.94. The standard InChI is InChI=1S/C6H4N2O2S3/c1-8-4-2(5(11)13-12-4)3(9)7-6(8)10/h1H3,(H,7,9,10). The van der Waals surface area contributed by atoms with Gasteiger partial charge in [0.15, 0.2) is 0 Å². The van der Waals surface area contributed by atoms with Crippen molar-refractivity contribution in [3.05, 3.63) is 24.7 Å². The van der Waals surface area contributed by atoms with E-state index in [4.69, 9.17) is 12.2 Å². The zero-order valence-corrected chi connectivity index (χ0v) is 8.94. The highest BCUT2D eigenvalue weighted by Crippen LogP contribution is 2.22. The van der Waals surface area contributed by atoms with Crippen LogP contribution < -0.4 is 11.2 Å². The van der Waals surface area contributed by atoms with Gasteiger partial charge in [-0.15, -0.1) is 0 Å². The lowest BCUT2D eigenvalue weighted by molar-refractivity contribution is 0.850. The van der Waals surface area contributed by atoms with Crippen molar-refractivity contribution in [2.45, 2.75) is 0 Å². The third-order valence-corrected chi connectivity index (χ3v) is 4.74. The molecular formula is C6H4N2O2S3. The van der Waals surface area contributed by atoms with Crippen LogP contribution in [0.2, 0.25) is 0 Å². The molecule has 0 amide bonds. The van der Waals surface area contributed by atoms with E-state index in [1.54, 1.807) is 7.05 Å². The normalized spacial score (nSPS) is 10.8. The minimum atomic E-state index is -0.401. The molecule has 0 aliphatic carbocycles. The second-order valence-corrected chi connectivity index (χ2v) is 5.25. The summed E-state index contributed by atoms with van der Waals surface area (Å²) in [7, 11) is 4.29. The van der Waals surface area contributed by atoms with Gasteiger partial charge in [0, 0.05) is 7.05 Å². The molecule has 0 bridgehead atoms. The smallest absolute Gasteiger partial charge is 0.287 e. The van der Waals surface area contributed by atoms with Gasteiger partial charge in [-0.05, 0) is 0 Å². The van der Waals surface area contributed by atoms with Gasteiger partial charge in [-0.2, -0.15) is 0 Å². The fourth-order valence-corrected chi connectivity index (χ4v) is 3.82. The van der Waals surface area contributed by atoms with Crippen LogP contribution in [0.4, 0.5) is 0 Å². The quantitative estimate of drug-likeness (QED) is 0.546. The highest BCUT2D eigenvalue weighted by atomic mass is 32.9. The van der Waals surface area contributed by atoms with Crippen molar-refractivity contribution in [1.29, 1.82) is 0 Å². The first-order valence-electron chi connectivity index (χ1n) is 3.33. The number of fused-ring (bicyclic) bond motifs is 1. The summed E-state index contributed by atoms with van der Waals surface area (Å²) in [6, 6.07) is 0. The molecule has 68 valence electrons. The van der Waals surface area contributed by atoms with Gasteiger partial charge in [-0.1, -0.05) is 32.9 Å². The lowest BCUT2D eigenvalue weighted by Gasteiger charge is -1.95. The van der Waals surface area contributed by atoms with Crippen LogP contribution in [0.5, 0.6) is 0 Å². The Balaban J connectivity index is 3.28. The molecule has 0 aliphatic rings. The Morgan fingerprint density at radius 3 is 2.77 bits per heavy atom. The average Bonchev–Trinajstić information content (AvgIpc) is 2.44. The molecule has 0 aromatic carbocycles. The molecule has 2 rings (SSSR count). The van der Waals surface area contributed by atoms with E-state index in [1.165, 1.54) is 25.2 Å². The van der Waals surface area contributed by atoms with E-state index in [0.717, 1.165) is 0 Å². The predicted molar refractivity (Wildman–Crippen MR) is 56.4 cm³/mol. The number of H-pyrrole nitrogens is 1. The molecule has 0 saturated heterocycles. The molecule has 7 heteroatoms. The Morgan fingerprint density at radius 1 is 1.38 bits per heavy atom. The van der Waals surface area contributed by atoms with Crippen LogP contribution in [0.15, 0.2) is 9.59 Å². The first kappa shape index (κ1) is 8.79. The minimum absolute atomic E-state index is 0.388.